The van der Waals surface area contributed by atoms with Crippen LogP contribution < -0.4 is 14.8 Å². The summed E-state index contributed by atoms with van der Waals surface area (Å²) in [4.78, 5) is 12.6. The van der Waals surface area contributed by atoms with Crippen molar-refractivity contribution in [2.75, 3.05) is 23.4 Å². The Morgan fingerprint density at radius 2 is 1.79 bits per heavy atom. The number of aryl methyl sites for hydroxylation is 2. The first-order valence-electron chi connectivity index (χ1n) is 10.3. The predicted octanol–water partition coefficient (Wildman–Crippen LogP) is 3.89. The molecule has 33 heavy (non-hydrogen) atoms. The number of carbonyl (C=O) groups is 1. The second-order valence-electron chi connectivity index (χ2n) is 7.84. The zero-order valence-corrected chi connectivity index (χ0v) is 20.2. The number of hydrogen-bond acceptors (Lipinski definition) is 5. The molecule has 2 aromatic carbocycles. The molecule has 1 aromatic heterocycles. The van der Waals surface area contributed by atoms with Gasteiger partial charge in [-0.3, -0.25) is 14.2 Å². The zero-order chi connectivity index (χ0) is 24.2. The van der Waals surface area contributed by atoms with E-state index in [0.717, 1.165) is 28.8 Å². The average molecular weight is 469 g/mol. The quantitative estimate of drug-likeness (QED) is 0.489. The van der Waals surface area contributed by atoms with Gasteiger partial charge in [0.15, 0.2) is 0 Å². The lowest BCUT2D eigenvalue weighted by Gasteiger charge is -2.12. The van der Waals surface area contributed by atoms with Crippen LogP contribution in [0.5, 0.6) is 5.75 Å². The number of rotatable bonds is 8. The average Bonchev–Trinajstić information content (AvgIpc) is 3.01. The Balaban J connectivity index is 1.78. The van der Waals surface area contributed by atoms with E-state index in [0.29, 0.717) is 12.3 Å². The Morgan fingerprint density at radius 3 is 2.42 bits per heavy atom. The highest BCUT2D eigenvalue weighted by Gasteiger charge is 2.13. The number of ether oxygens (including phenoxy) is 1. The van der Waals surface area contributed by atoms with Crippen LogP contribution in [0.25, 0.3) is 6.08 Å². The molecule has 0 saturated heterocycles. The van der Waals surface area contributed by atoms with Gasteiger partial charge >= 0.3 is 0 Å². The van der Waals surface area contributed by atoms with Crippen LogP contribution in [0.4, 0.5) is 11.4 Å². The second kappa shape index (κ2) is 9.91. The van der Waals surface area contributed by atoms with E-state index in [4.69, 9.17) is 4.74 Å². The number of benzene rings is 2. The van der Waals surface area contributed by atoms with Crippen molar-refractivity contribution in [3.8, 4) is 5.75 Å². The fraction of sp³-hybridized carbons (Fsp3) is 0.250. The molecule has 174 valence electrons. The first-order chi connectivity index (χ1) is 15.6. The van der Waals surface area contributed by atoms with Crippen molar-refractivity contribution in [3.63, 3.8) is 0 Å². The Hall–Kier alpha value is -3.59. The van der Waals surface area contributed by atoms with Crippen LogP contribution in [0.2, 0.25) is 0 Å². The summed E-state index contributed by atoms with van der Waals surface area (Å²) >= 11 is 0. The number of amides is 1. The van der Waals surface area contributed by atoms with Gasteiger partial charge in [0, 0.05) is 23.4 Å². The highest BCUT2D eigenvalue weighted by molar-refractivity contribution is 7.92. The molecular weight excluding hydrogens is 440 g/mol. The van der Waals surface area contributed by atoms with Gasteiger partial charge in [0.05, 0.1) is 37.0 Å². The Labute approximate surface area is 194 Å². The summed E-state index contributed by atoms with van der Waals surface area (Å²) in [5.74, 6) is 0.0716. The van der Waals surface area contributed by atoms with Crippen molar-refractivity contribution in [3.05, 3.63) is 76.6 Å². The van der Waals surface area contributed by atoms with Gasteiger partial charge < -0.3 is 10.1 Å². The van der Waals surface area contributed by atoms with Gasteiger partial charge in [0.2, 0.25) is 15.9 Å². The monoisotopic (exact) mass is 468 g/mol. The van der Waals surface area contributed by atoms with Crippen molar-refractivity contribution in [2.45, 2.75) is 27.3 Å². The van der Waals surface area contributed by atoms with Gasteiger partial charge in [-0.2, -0.15) is 5.10 Å². The fourth-order valence-electron chi connectivity index (χ4n) is 3.35. The molecule has 0 aliphatic heterocycles. The van der Waals surface area contributed by atoms with Crippen LogP contribution in [0.15, 0.2) is 48.5 Å². The summed E-state index contributed by atoms with van der Waals surface area (Å²) in [6, 6.07) is 13.0. The second-order valence-corrected chi connectivity index (χ2v) is 9.58. The molecule has 9 heteroatoms. The molecule has 0 unspecified atom stereocenters. The number of nitrogens with zero attached hydrogens (tertiary/aromatic N) is 2. The van der Waals surface area contributed by atoms with Crippen LogP contribution in [-0.2, 0) is 21.4 Å². The summed E-state index contributed by atoms with van der Waals surface area (Å²) in [6.45, 7) is 6.54. The number of anilines is 2. The van der Waals surface area contributed by atoms with E-state index < -0.39 is 15.9 Å². The number of aromatic nitrogens is 2. The first kappa shape index (κ1) is 24.1. The van der Waals surface area contributed by atoms with E-state index in [1.54, 1.807) is 18.2 Å². The molecule has 0 fully saturated rings. The third-order valence-corrected chi connectivity index (χ3v) is 5.66. The van der Waals surface area contributed by atoms with Gasteiger partial charge in [-0.25, -0.2) is 8.42 Å². The van der Waals surface area contributed by atoms with Crippen LogP contribution in [0.1, 0.15) is 28.1 Å². The maximum Gasteiger partial charge on any atom is 0.248 e. The molecule has 0 bridgehead atoms. The molecule has 0 radical (unpaired) electrons. The molecule has 0 saturated carbocycles. The summed E-state index contributed by atoms with van der Waals surface area (Å²) in [5, 5.41) is 7.32. The van der Waals surface area contributed by atoms with Crippen molar-refractivity contribution in [1.29, 1.82) is 0 Å². The molecule has 1 amide bonds. The Morgan fingerprint density at radius 1 is 1.09 bits per heavy atom. The molecule has 3 aromatic rings. The largest absolute Gasteiger partial charge is 0.497 e. The molecule has 0 spiro atoms. The van der Waals surface area contributed by atoms with E-state index in [1.165, 1.54) is 24.8 Å². The molecule has 0 atom stereocenters. The maximum atomic E-state index is 12.6. The number of carbonyl (C=O) groups excluding carboxylic acids is 1. The maximum absolute atomic E-state index is 12.6. The lowest BCUT2D eigenvalue weighted by atomic mass is 10.1. The SMILES string of the molecule is COc1ccc(NS(C)(=O)=O)c(NC(=O)/C=C/c2c(C)nn(Cc3ccc(C)cc3)c2C)c1. The minimum absolute atomic E-state index is 0.248. The molecule has 2 N–H and O–H groups in total. The van der Waals surface area contributed by atoms with Crippen LogP contribution >= 0.6 is 0 Å². The van der Waals surface area contributed by atoms with Crippen LogP contribution in [-0.4, -0.2) is 37.5 Å². The third-order valence-electron chi connectivity index (χ3n) is 5.07. The number of nitrogens with one attached hydrogen (secondary N) is 2. The first-order valence-corrected chi connectivity index (χ1v) is 12.2. The lowest BCUT2D eigenvalue weighted by Crippen LogP contribution is -2.14. The van der Waals surface area contributed by atoms with E-state index in [-0.39, 0.29) is 11.4 Å². The summed E-state index contributed by atoms with van der Waals surface area (Å²) in [7, 11) is -2.03. The minimum Gasteiger partial charge on any atom is -0.497 e. The van der Waals surface area contributed by atoms with Gasteiger partial charge in [-0.05, 0) is 44.5 Å². The van der Waals surface area contributed by atoms with E-state index in [1.807, 2.05) is 25.5 Å². The van der Waals surface area contributed by atoms with E-state index in [9.17, 15) is 13.2 Å². The Bertz CT molecular complexity index is 1290. The van der Waals surface area contributed by atoms with Crippen molar-refractivity contribution < 1.29 is 17.9 Å². The topological polar surface area (TPSA) is 102 Å². The number of sulfonamides is 1. The van der Waals surface area contributed by atoms with Gasteiger partial charge in [-0.1, -0.05) is 29.8 Å². The predicted molar refractivity (Wildman–Crippen MR) is 131 cm³/mol. The number of methoxy groups -OCH3 is 1. The van der Waals surface area contributed by atoms with Crippen LogP contribution in [0, 0.1) is 20.8 Å². The fourth-order valence-corrected chi connectivity index (χ4v) is 3.93. The smallest absolute Gasteiger partial charge is 0.248 e. The Kier molecular flexibility index (Phi) is 7.23. The molecule has 1 heterocycles. The third kappa shape index (κ3) is 6.45. The number of hydrogen-bond donors (Lipinski definition) is 2. The van der Waals surface area contributed by atoms with Gasteiger partial charge in [0.25, 0.3) is 0 Å². The van der Waals surface area contributed by atoms with Crippen molar-refractivity contribution in [1.82, 2.24) is 9.78 Å². The van der Waals surface area contributed by atoms with Crippen LogP contribution in [0.3, 0.4) is 0 Å². The highest BCUT2D eigenvalue weighted by Crippen LogP contribution is 2.28. The lowest BCUT2D eigenvalue weighted by molar-refractivity contribution is -0.111. The zero-order valence-electron chi connectivity index (χ0n) is 19.3. The van der Waals surface area contributed by atoms with Gasteiger partial charge in [0.1, 0.15) is 5.75 Å². The van der Waals surface area contributed by atoms with Gasteiger partial charge in [-0.15, -0.1) is 0 Å². The molecule has 3 rings (SSSR count). The molecule has 0 aliphatic carbocycles. The summed E-state index contributed by atoms with van der Waals surface area (Å²) in [6.07, 6.45) is 4.15. The van der Waals surface area contributed by atoms with Crippen molar-refractivity contribution >= 4 is 33.4 Å². The highest BCUT2D eigenvalue weighted by atomic mass is 32.2. The van der Waals surface area contributed by atoms with Crippen molar-refractivity contribution in [2.24, 2.45) is 0 Å². The van der Waals surface area contributed by atoms with E-state index in [2.05, 4.69) is 39.4 Å². The summed E-state index contributed by atoms with van der Waals surface area (Å²) in [5.41, 5.74) is 5.49. The normalized spacial score (nSPS) is 11.5. The standard InChI is InChI=1S/C24H28N4O4S/c1-16-6-8-19(9-7-16)15-28-18(3)21(17(2)26-28)11-13-24(29)25-23-14-20(32-4)10-12-22(23)27-33(5,30)31/h6-14,27H,15H2,1-5H3,(H,25,29)/b13-11+. The molecule has 8 nitrogen and oxygen atoms in total. The van der Waals surface area contributed by atoms with E-state index >= 15 is 0 Å². The molecular formula is C24H28N4O4S. The minimum atomic E-state index is -3.52. The molecule has 0 aliphatic rings. The summed E-state index contributed by atoms with van der Waals surface area (Å²) < 4.78 is 32.8.